The van der Waals surface area contributed by atoms with Gasteiger partial charge in [-0.05, 0) is 78.8 Å². The Hall–Kier alpha value is -4.03. The van der Waals surface area contributed by atoms with Gasteiger partial charge in [-0.2, -0.15) is 5.06 Å². The summed E-state index contributed by atoms with van der Waals surface area (Å²) in [6.45, 7) is 8.82. The van der Waals surface area contributed by atoms with Gasteiger partial charge in [0.15, 0.2) is 0 Å². The number of amides is 2. The number of fused-ring (bicyclic) bond motifs is 2. The number of aliphatic hydroxyl groups is 2. The van der Waals surface area contributed by atoms with Crippen LogP contribution < -0.4 is 20.3 Å². The first kappa shape index (κ1) is 37.7. The monoisotopic (exact) mass is 713 g/mol. The lowest BCUT2D eigenvalue weighted by Crippen LogP contribution is -2.62. The molecule has 4 aliphatic rings. The van der Waals surface area contributed by atoms with Crippen molar-refractivity contribution in [2.24, 2.45) is 29.1 Å². The lowest BCUT2D eigenvalue weighted by molar-refractivity contribution is -0.183. The van der Waals surface area contributed by atoms with Gasteiger partial charge in [-0.3, -0.25) is 19.4 Å². The van der Waals surface area contributed by atoms with Crippen molar-refractivity contribution in [3.05, 3.63) is 77.6 Å². The van der Waals surface area contributed by atoms with Crippen LogP contribution in [0.3, 0.4) is 0 Å². The van der Waals surface area contributed by atoms with Crippen LogP contribution in [0.25, 0.3) is 11.1 Å². The number of hydrogen-bond acceptors (Lipinski definition) is 9. The van der Waals surface area contributed by atoms with Gasteiger partial charge in [0, 0.05) is 73.3 Å². The third-order valence-corrected chi connectivity index (χ3v) is 12.1. The van der Waals surface area contributed by atoms with E-state index in [9.17, 15) is 19.8 Å². The summed E-state index contributed by atoms with van der Waals surface area (Å²) in [4.78, 5) is 40.2. The van der Waals surface area contributed by atoms with E-state index in [1.54, 1.807) is 25.3 Å². The molecular weight excluding hydrogens is 658 g/mol. The van der Waals surface area contributed by atoms with E-state index in [0.29, 0.717) is 42.0 Å². The quantitative estimate of drug-likeness (QED) is 0.203. The first-order valence-electron chi connectivity index (χ1n) is 18.5. The van der Waals surface area contributed by atoms with Crippen molar-refractivity contribution in [1.29, 1.82) is 0 Å². The molecule has 3 saturated carbocycles. The van der Waals surface area contributed by atoms with Crippen molar-refractivity contribution in [3.63, 3.8) is 0 Å². The highest BCUT2D eigenvalue weighted by Crippen LogP contribution is 2.61. The fourth-order valence-corrected chi connectivity index (χ4v) is 8.94. The van der Waals surface area contributed by atoms with Crippen LogP contribution >= 0.6 is 0 Å². The summed E-state index contributed by atoms with van der Waals surface area (Å²) >= 11 is 0. The number of benzene rings is 2. The molecule has 2 bridgehead atoms. The van der Waals surface area contributed by atoms with Gasteiger partial charge in [0.2, 0.25) is 5.91 Å². The molecule has 2 heterocycles. The van der Waals surface area contributed by atoms with E-state index in [2.05, 4.69) is 36.4 Å². The molecule has 1 aromatic heterocycles. The third kappa shape index (κ3) is 7.42. The molecule has 7 rings (SSSR count). The normalized spacial score (nSPS) is 27.0. The number of aromatic nitrogens is 1. The minimum atomic E-state index is -0.899. The Morgan fingerprint density at radius 3 is 2.56 bits per heavy atom. The van der Waals surface area contributed by atoms with E-state index < -0.39 is 24.2 Å². The van der Waals surface area contributed by atoms with E-state index >= 15 is 0 Å². The van der Waals surface area contributed by atoms with Crippen LogP contribution in [0.2, 0.25) is 0 Å². The molecule has 0 radical (unpaired) electrons. The zero-order valence-electron chi connectivity index (χ0n) is 31.5. The van der Waals surface area contributed by atoms with Crippen LogP contribution in [0.5, 0.6) is 5.75 Å². The first-order chi connectivity index (χ1) is 24.8. The van der Waals surface area contributed by atoms with Gasteiger partial charge in [-0.15, -0.1) is 0 Å². The highest BCUT2D eigenvalue weighted by Gasteiger charge is 2.57. The van der Waals surface area contributed by atoms with E-state index in [-0.39, 0.29) is 36.4 Å². The van der Waals surface area contributed by atoms with E-state index in [1.807, 2.05) is 73.6 Å². The highest BCUT2D eigenvalue weighted by atomic mass is 16.7. The van der Waals surface area contributed by atoms with Crippen molar-refractivity contribution in [2.45, 2.75) is 77.8 Å². The number of pyridine rings is 1. The number of anilines is 1. The van der Waals surface area contributed by atoms with Crippen molar-refractivity contribution in [1.82, 2.24) is 20.7 Å². The summed E-state index contributed by atoms with van der Waals surface area (Å²) in [6.07, 6.45) is 2.84. The van der Waals surface area contributed by atoms with Gasteiger partial charge in [-0.25, -0.2) is 0 Å². The van der Waals surface area contributed by atoms with Crippen molar-refractivity contribution in [2.75, 3.05) is 39.3 Å². The Kier molecular flexibility index (Phi) is 11.3. The summed E-state index contributed by atoms with van der Waals surface area (Å²) in [5.74, 6) is 1.01. The number of nitrogens with one attached hydrogen (secondary N) is 2. The highest BCUT2D eigenvalue weighted by molar-refractivity contribution is 5.97. The largest absolute Gasteiger partial charge is 0.496 e. The van der Waals surface area contributed by atoms with Crippen molar-refractivity contribution in [3.8, 4) is 16.9 Å². The summed E-state index contributed by atoms with van der Waals surface area (Å²) in [7, 11) is 5.46. The van der Waals surface area contributed by atoms with E-state index in [1.165, 1.54) is 6.42 Å². The van der Waals surface area contributed by atoms with E-state index in [0.717, 1.165) is 34.5 Å². The standard InChI is InChI=1S/C41H55N5O6/c1-24-33-20-29(41(33,3)4)21-34(24)44-40(50)37-36(25(2)48)35(23-47)52-46(37)22-26-11-10-13-32(38(26)51-7)27-17-28(19-31(18-27)45(5)6)39(49)43-16-14-30-12-8-9-15-42-30/h8-13,15,17-19,24-25,29,33-37,47-48H,14,16,20-23H2,1-7H3,(H,43,49)(H,44,50)/t24-,25-,29-,33+,34-,35-,36-,37-/m0/s1. The number of nitrogens with zero attached hydrogens (tertiary/aromatic N) is 3. The second-order valence-electron chi connectivity index (χ2n) is 15.7. The number of carbonyl (C=O) groups is 2. The fourth-order valence-electron chi connectivity index (χ4n) is 8.94. The predicted molar refractivity (Wildman–Crippen MR) is 201 cm³/mol. The van der Waals surface area contributed by atoms with Gasteiger partial charge in [0.25, 0.3) is 5.91 Å². The van der Waals surface area contributed by atoms with Crippen LogP contribution in [-0.4, -0.2) is 90.7 Å². The number of ether oxygens (including phenoxy) is 1. The Labute approximate surface area is 307 Å². The van der Waals surface area contributed by atoms with Crippen molar-refractivity contribution >= 4 is 17.5 Å². The summed E-state index contributed by atoms with van der Waals surface area (Å²) in [6, 6.07) is 16.5. The molecule has 11 heteroatoms. The molecule has 3 aliphatic carbocycles. The molecule has 11 nitrogen and oxygen atoms in total. The zero-order chi connectivity index (χ0) is 37.3. The number of methoxy groups -OCH3 is 1. The molecule has 8 atom stereocenters. The number of hydroxylamine groups is 2. The predicted octanol–water partition coefficient (Wildman–Crippen LogP) is 4.46. The smallest absolute Gasteiger partial charge is 0.251 e. The Bertz CT molecular complexity index is 1730. The Morgan fingerprint density at radius 2 is 1.92 bits per heavy atom. The molecule has 1 aliphatic heterocycles. The molecule has 280 valence electrons. The van der Waals surface area contributed by atoms with Crippen LogP contribution in [0.4, 0.5) is 5.69 Å². The maximum absolute atomic E-state index is 14.2. The second-order valence-corrected chi connectivity index (χ2v) is 15.7. The maximum atomic E-state index is 14.2. The molecule has 0 spiro atoms. The number of hydrogen-bond donors (Lipinski definition) is 4. The van der Waals surface area contributed by atoms with Gasteiger partial charge < -0.3 is 30.5 Å². The number of rotatable bonds is 13. The lowest BCUT2D eigenvalue weighted by atomic mass is 9.45. The minimum Gasteiger partial charge on any atom is -0.496 e. The minimum absolute atomic E-state index is 0.0391. The molecule has 2 amide bonds. The zero-order valence-corrected chi connectivity index (χ0v) is 31.5. The topological polar surface area (TPSA) is 136 Å². The molecule has 3 aromatic rings. The number of para-hydroxylation sites is 1. The Morgan fingerprint density at radius 1 is 1.13 bits per heavy atom. The fraction of sp³-hybridized carbons (Fsp3) is 0.537. The maximum Gasteiger partial charge on any atom is 0.251 e. The average Bonchev–Trinajstić information content (AvgIpc) is 3.51. The van der Waals surface area contributed by atoms with Crippen molar-refractivity contribution < 1.29 is 29.4 Å². The summed E-state index contributed by atoms with van der Waals surface area (Å²) < 4.78 is 6.05. The molecule has 1 saturated heterocycles. The average molecular weight is 714 g/mol. The molecule has 52 heavy (non-hydrogen) atoms. The van der Waals surface area contributed by atoms with Crippen LogP contribution in [0, 0.1) is 29.1 Å². The van der Waals surface area contributed by atoms with Crippen LogP contribution in [0.1, 0.15) is 62.2 Å². The molecule has 0 unspecified atom stereocenters. The van der Waals surface area contributed by atoms with Gasteiger partial charge in [0.1, 0.15) is 17.9 Å². The SMILES string of the molecule is COc1c(CN2O[C@@H](CO)[C@H]([C@H](C)O)[C@H]2C(=O)N[C@H]2C[C@@H]3C[C@H]([C@@H]2C)C3(C)C)cccc1-c1cc(C(=O)NCCc2ccccn2)cc(N(C)C)c1. The van der Waals surface area contributed by atoms with Crippen LogP contribution in [-0.2, 0) is 22.6 Å². The summed E-state index contributed by atoms with van der Waals surface area (Å²) in [5, 5.41) is 29.2. The van der Waals surface area contributed by atoms with Crippen LogP contribution in [0.15, 0.2) is 60.8 Å². The van der Waals surface area contributed by atoms with Gasteiger partial charge in [-0.1, -0.05) is 45.0 Å². The number of carbonyl (C=O) groups excluding carboxylic acids is 2. The summed E-state index contributed by atoms with van der Waals surface area (Å²) in [5.41, 5.74) is 4.87. The second kappa shape index (κ2) is 15.5. The molecule has 4 N–H and O–H groups in total. The molecule has 4 fully saturated rings. The number of aliphatic hydroxyl groups excluding tert-OH is 2. The lowest BCUT2D eigenvalue weighted by Gasteiger charge is -2.62. The molecular formula is C41H55N5O6. The van der Waals surface area contributed by atoms with E-state index in [4.69, 9.17) is 9.57 Å². The Balaban J connectivity index is 1.26. The third-order valence-electron chi connectivity index (χ3n) is 12.1. The van der Waals surface area contributed by atoms with Gasteiger partial charge in [0.05, 0.1) is 26.4 Å². The molecule has 2 aromatic carbocycles. The van der Waals surface area contributed by atoms with Gasteiger partial charge >= 0.3 is 0 Å². The first-order valence-corrected chi connectivity index (χ1v) is 18.5.